The van der Waals surface area contributed by atoms with Crippen molar-refractivity contribution in [2.24, 2.45) is 0 Å². The standard InChI is InChI=1S/C26H30Cl2N2O3/c1-26(2,3)33-25(32)30(4)23-12-10-18(15-6-11-21(27)22(28)14-15)19-9-5-16(13-20(19)23)24(31)29-17-7-8-17/h5-6,9,11,13-14,17-18,23H,7-8,10,12H2,1-4H3,(H,29,31)/t18-,23-/m0/s1. The molecule has 2 aliphatic carbocycles. The Hall–Kier alpha value is -2.24. The molecule has 0 saturated heterocycles. The predicted molar refractivity (Wildman–Crippen MR) is 131 cm³/mol. The van der Waals surface area contributed by atoms with Gasteiger partial charge in [0.25, 0.3) is 5.91 Å². The number of hydrogen-bond acceptors (Lipinski definition) is 3. The summed E-state index contributed by atoms with van der Waals surface area (Å²) in [4.78, 5) is 27.3. The Kier molecular flexibility index (Phi) is 6.66. The highest BCUT2D eigenvalue weighted by molar-refractivity contribution is 6.42. The van der Waals surface area contributed by atoms with Gasteiger partial charge in [-0.3, -0.25) is 4.79 Å². The van der Waals surface area contributed by atoms with Crippen molar-refractivity contribution in [2.75, 3.05) is 7.05 Å². The van der Waals surface area contributed by atoms with E-state index < -0.39 is 5.60 Å². The van der Waals surface area contributed by atoms with Crippen LogP contribution in [0.25, 0.3) is 0 Å². The quantitative estimate of drug-likeness (QED) is 0.519. The van der Waals surface area contributed by atoms with E-state index in [-0.39, 0.29) is 30.0 Å². The van der Waals surface area contributed by atoms with Crippen LogP contribution in [0.2, 0.25) is 10.0 Å². The number of carbonyl (C=O) groups is 2. The lowest BCUT2D eigenvalue weighted by molar-refractivity contribution is 0.0202. The highest BCUT2D eigenvalue weighted by atomic mass is 35.5. The summed E-state index contributed by atoms with van der Waals surface area (Å²) >= 11 is 12.4. The van der Waals surface area contributed by atoms with Gasteiger partial charge >= 0.3 is 6.09 Å². The van der Waals surface area contributed by atoms with E-state index in [2.05, 4.69) is 5.32 Å². The smallest absolute Gasteiger partial charge is 0.410 e. The number of benzene rings is 2. The van der Waals surface area contributed by atoms with Crippen LogP contribution in [0.4, 0.5) is 4.79 Å². The lowest BCUT2D eigenvalue weighted by Gasteiger charge is -2.38. The van der Waals surface area contributed by atoms with E-state index in [1.807, 2.05) is 57.2 Å². The van der Waals surface area contributed by atoms with Crippen molar-refractivity contribution < 1.29 is 14.3 Å². The molecule has 2 amide bonds. The first-order valence-corrected chi connectivity index (χ1v) is 12.1. The average molecular weight is 489 g/mol. The number of ether oxygens (including phenoxy) is 1. The third-order valence-electron chi connectivity index (χ3n) is 6.22. The van der Waals surface area contributed by atoms with Crippen LogP contribution in [0.3, 0.4) is 0 Å². The second-order valence-electron chi connectivity index (χ2n) is 10.0. The molecule has 2 aliphatic rings. The highest BCUT2D eigenvalue weighted by Crippen LogP contribution is 2.45. The first-order valence-electron chi connectivity index (χ1n) is 11.4. The van der Waals surface area contributed by atoms with Crippen LogP contribution in [-0.2, 0) is 4.74 Å². The third-order valence-corrected chi connectivity index (χ3v) is 6.96. The zero-order valence-electron chi connectivity index (χ0n) is 19.5. The van der Waals surface area contributed by atoms with E-state index in [1.54, 1.807) is 11.9 Å². The van der Waals surface area contributed by atoms with Gasteiger partial charge in [-0.05, 0) is 87.4 Å². The van der Waals surface area contributed by atoms with Gasteiger partial charge in [-0.15, -0.1) is 0 Å². The molecule has 1 saturated carbocycles. The fourth-order valence-corrected chi connectivity index (χ4v) is 4.70. The molecule has 0 aliphatic heterocycles. The number of nitrogens with one attached hydrogen (secondary N) is 1. The number of nitrogens with zero attached hydrogens (tertiary/aromatic N) is 1. The van der Waals surface area contributed by atoms with Crippen LogP contribution in [0.5, 0.6) is 0 Å². The second-order valence-corrected chi connectivity index (χ2v) is 10.8. The number of fused-ring (bicyclic) bond motifs is 1. The van der Waals surface area contributed by atoms with Crippen molar-refractivity contribution in [3.8, 4) is 0 Å². The second kappa shape index (κ2) is 9.19. The number of hydrogen-bond donors (Lipinski definition) is 1. The van der Waals surface area contributed by atoms with Crippen molar-refractivity contribution in [1.82, 2.24) is 10.2 Å². The summed E-state index contributed by atoms with van der Waals surface area (Å²) in [5.74, 6) is 0.0224. The van der Waals surface area contributed by atoms with Crippen molar-refractivity contribution in [3.05, 3.63) is 68.7 Å². The van der Waals surface area contributed by atoms with Crippen LogP contribution in [0.1, 0.15) is 85.5 Å². The molecule has 2 aromatic carbocycles. The Morgan fingerprint density at radius 1 is 0.970 bits per heavy atom. The minimum absolute atomic E-state index is 0.0735. The summed E-state index contributed by atoms with van der Waals surface area (Å²) in [5.41, 5.74) is 3.15. The minimum Gasteiger partial charge on any atom is -0.444 e. The molecule has 0 bridgehead atoms. The third kappa shape index (κ3) is 5.47. The normalized spacial score (nSPS) is 20.1. The van der Waals surface area contributed by atoms with Crippen LogP contribution < -0.4 is 5.32 Å². The monoisotopic (exact) mass is 488 g/mol. The van der Waals surface area contributed by atoms with Crippen LogP contribution in [0.15, 0.2) is 36.4 Å². The molecule has 0 spiro atoms. The topological polar surface area (TPSA) is 58.6 Å². The first-order chi connectivity index (χ1) is 15.5. The lowest BCUT2D eigenvalue weighted by Crippen LogP contribution is -2.38. The number of rotatable bonds is 4. The molecule has 0 aromatic heterocycles. The molecule has 0 unspecified atom stereocenters. The van der Waals surface area contributed by atoms with Gasteiger partial charge in [0.15, 0.2) is 0 Å². The van der Waals surface area contributed by atoms with Crippen LogP contribution in [0, 0.1) is 0 Å². The van der Waals surface area contributed by atoms with E-state index in [0.717, 1.165) is 42.4 Å². The van der Waals surface area contributed by atoms with Gasteiger partial charge < -0.3 is 15.0 Å². The molecule has 2 aromatic rings. The van der Waals surface area contributed by atoms with Gasteiger partial charge in [-0.1, -0.05) is 35.3 Å². The van der Waals surface area contributed by atoms with E-state index in [0.29, 0.717) is 15.6 Å². The number of amides is 2. The minimum atomic E-state index is -0.586. The van der Waals surface area contributed by atoms with Crippen molar-refractivity contribution in [1.29, 1.82) is 0 Å². The Morgan fingerprint density at radius 2 is 1.70 bits per heavy atom. The summed E-state index contributed by atoms with van der Waals surface area (Å²) in [6, 6.07) is 11.6. The largest absolute Gasteiger partial charge is 0.444 e. The molecule has 0 radical (unpaired) electrons. The summed E-state index contributed by atoms with van der Waals surface area (Å²) in [6.45, 7) is 5.57. The molecule has 1 fully saturated rings. The van der Waals surface area contributed by atoms with Gasteiger partial charge in [0.05, 0.1) is 16.1 Å². The van der Waals surface area contributed by atoms with E-state index in [9.17, 15) is 9.59 Å². The summed E-state index contributed by atoms with van der Waals surface area (Å²) < 4.78 is 5.62. The maximum Gasteiger partial charge on any atom is 0.410 e. The molecule has 33 heavy (non-hydrogen) atoms. The summed E-state index contributed by atoms with van der Waals surface area (Å²) in [7, 11) is 1.76. The van der Waals surface area contributed by atoms with Crippen molar-refractivity contribution in [2.45, 2.75) is 70.1 Å². The first kappa shape index (κ1) is 23.9. The average Bonchev–Trinajstić information content (AvgIpc) is 3.57. The van der Waals surface area contributed by atoms with E-state index >= 15 is 0 Å². The molecule has 5 nitrogen and oxygen atoms in total. The molecule has 4 rings (SSSR count). The Bertz CT molecular complexity index is 1080. The fourth-order valence-electron chi connectivity index (χ4n) is 4.39. The molecular weight excluding hydrogens is 459 g/mol. The summed E-state index contributed by atoms with van der Waals surface area (Å²) in [5, 5.41) is 4.09. The SMILES string of the molecule is CN(C(=O)OC(C)(C)C)[C@H]1CC[C@@H](c2ccc(Cl)c(Cl)c2)c2ccc(C(=O)NC3CC3)cc21. The van der Waals surface area contributed by atoms with Crippen molar-refractivity contribution in [3.63, 3.8) is 0 Å². The molecule has 0 heterocycles. The highest BCUT2D eigenvalue weighted by Gasteiger charge is 2.35. The predicted octanol–water partition coefficient (Wildman–Crippen LogP) is 6.72. The molecule has 1 N–H and O–H groups in total. The Balaban J connectivity index is 1.71. The lowest BCUT2D eigenvalue weighted by atomic mass is 9.76. The molecule has 7 heteroatoms. The fraction of sp³-hybridized carbons (Fsp3) is 0.462. The zero-order valence-corrected chi connectivity index (χ0v) is 21.0. The number of halogens is 2. The maximum atomic E-state index is 12.9. The molecule has 176 valence electrons. The van der Waals surface area contributed by atoms with Gasteiger partial charge in [0.1, 0.15) is 5.60 Å². The van der Waals surface area contributed by atoms with E-state index in [1.165, 1.54) is 0 Å². The summed E-state index contributed by atoms with van der Waals surface area (Å²) in [6.07, 6.45) is 3.25. The molecule has 2 atom stereocenters. The Morgan fingerprint density at radius 3 is 2.33 bits per heavy atom. The van der Waals surface area contributed by atoms with Gasteiger partial charge in [0.2, 0.25) is 0 Å². The van der Waals surface area contributed by atoms with Gasteiger partial charge in [-0.2, -0.15) is 0 Å². The molecular formula is C26H30Cl2N2O3. The zero-order chi connectivity index (χ0) is 23.9. The van der Waals surface area contributed by atoms with Crippen molar-refractivity contribution >= 4 is 35.2 Å². The Labute approximate surface area is 205 Å². The van der Waals surface area contributed by atoms with Gasteiger partial charge in [0, 0.05) is 24.6 Å². The van der Waals surface area contributed by atoms with Crippen LogP contribution in [-0.4, -0.2) is 35.6 Å². The maximum absolute atomic E-state index is 12.9. The van der Waals surface area contributed by atoms with Crippen LogP contribution >= 0.6 is 23.2 Å². The number of carbonyl (C=O) groups excluding carboxylic acids is 2. The van der Waals surface area contributed by atoms with Gasteiger partial charge in [-0.25, -0.2) is 4.79 Å². The van der Waals surface area contributed by atoms with E-state index in [4.69, 9.17) is 27.9 Å².